The second kappa shape index (κ2) is 4.81. The van der Waals surface area contributed by atoms with Gasteiger partial charge in [0.25, 0.3) is 0 Å². The van der Waals surface area contributed by atoms with Crippen molar-refractivity contribution in [3.8, 4) is 0 Å². The van der Waals surface area contributed by atoms with Gasteiger partial charge in [-0.05, 0) is 52.0 Å². The Balaban J connectivity index is 1.85. The lowest BCUT2D eigenvalue weighted by Gasteiger charge is -2.41. The monoisotopic (exact) mass is 213 g/mol. The number of ether oxygens (including phenoxy) is 1. The molecule has 2 aliphatic carbocycles. The number of aliphatic hydroxyl groups is 1. The Morgan fingerprint density at radius 1 is 1.27 bits per heavy atom. The first-order chi connectivity index (χ1) is 7.28. The first-order valence-corrected chi connectivity index (χ1v) is 6.23. The summed E-state index contributed by atoms with van der Waals surface area (Å²) in [6.07, 6.45) is 9.06. The zero-order valence-electron chi connectivity index (χ0n) is 9.67. The van der Waals surface area contributed by atoms with Gasteiger partial charge in [-0.3, -0.25) is 0 Å². The van der Waals surface area contributed by atoms with E-state index in [9.17, 15) is 5.11 Å². The van der Waals surface area contributed by atoms with Crippen molar-refractivity contribution >= 4 is 0 Å². The molecule has 0 bridgehead atoms. The fourth-order valence-electron chi connectivity index (χ4n) is 2.65. The first-order valence-electron chi connectivity index (χ1n) is 6.23. The van der Waals surface area contributed by atoms with Gasteiger partial charge in [0, 0.05) is 5.54 Å². The van der Waals surface area contributed by atoms with Crippen molar-refractivity contribution in [1.82, 2.24) is 5.32 Å². The van der Waals surface area contributed by atoms with Gasteiger partial charge in [-0.25, -0.2) is 0 Å². The van der Waals surface area contributed by atoms with E-state index in [4.69, 9.17) is 4.74 Å². The molecule has 0 aromatic rings. The molecule has 0 aromatic carbocycles. The van der Waals surface area contributed by atoms with E-state index in [1.54, 1.807) is 0 Å². The van der Waals surface area contributed by atoms with Crippen LogP contribution in [0.4, 0.5) is 0 Å². The Morgan fingerprint density at radius 3 is 2.53 bits per heavy atom. The highest BCUT2D eigenvalue weighted by Gasteiger charge is 2.36. The molecule has 2 unspecified atom stereocenters. The summed E-state index contributed by atoms with van der Waals surface area (Å²) in [5.74, 6) is 0. The molecule has 15 heavy (non-hydrogen) atoms. The molecule has 0 heterocycles. The largest absolute Gasteiger partial charge is 0.394 e. The Hall–Kier alpha value is -0.120. The zero-order chi connectivity index (χ0) is 10.7. The third-order valence-electron chi connectivity index (χ3n) is 4.07. The minimum Gasteiger partial charge on any atom is -0.394 e. The van der Waals surface area contributed by atoms with Gasteiger partial charge in [0.2, 0.25) is 0 Å². The van der Waals surface area contributed by atoms with E-state index in [0.717, 1.165) is 12.8 Å². The van der Waals surface area contributed by atoms with Gasteiger partial charge in [-0.1, -0.05) is 0 Å². The number of likely N-dealkylation sites (N-methyl/N-ethyl adjacent to an activating group) is 1. The summed E-state index contributed by atoms with van der Waals surface area (Å²) in [7, 11) is 1.95. The highest BCUT2D eigenvalue weighted by molar-refractivity contribution is 4.93. The fourth-order valence-corrected chi connectivity index (χ4v) is 2.65. The topological polar surface area (TPSA) is 41.5 Å². The molecule has 2 aliphatic rings. The molecule has 0 aliphatic heterocycles. The van der Waals surface area contributed by atoms with Gasteiger partial charge in [-0.15, -0.1) is 0 Å². The van der Waals surface area contributed by atoms with Gasteiger partial charge in [0.15, 0.2) is 0 Å². The summed E-state index contributed by atoms with van der Waals surface area (Å²) in [5, 5.41) is 12.7. The van der Waals surface area contributed by atoms with E-state index in [1.807, 2.05) is 7.05 Å². The molecule has 0 radical (unpaired) electrons. The molecule has 3 nitrogen and oxygen atoms in total. The van der Waals surface area contributed by atoms with E-state index >= 15 is 0 Å². The Labute approximate surface area is 92.2 Å². The summed E-state index contributed by atoms with van der Waals surface area (Å²) in [5.41, 5.74) is -0.0767. The summed E-state index contributed by atoms with van der Waals surface area (Å²) in [6, 6.07) is 0. The second-order valence-electron chi connectivity index (χ2n) is 5.10. The van der Waals surface area contributed by atoms with Crippen LogP contribution < -0.4 is 5.32 Å². The fraction of sp³-hybridized carbons (Fsp3) is 1.00. The van der Waals surface area contributed by atoms with Crippen LogP contribution in [0.1, 0.15) is 44.9 Å². The lowest BCUT2D eigenvalue weighted by atomic mass is 9.80. The van der Waals surface area contributed by atoms with Crippen molar-refractivity contribution in [1.29, 1.82) is 0 Å². The quantitative estimate of drug-likeness (QED) is 0.742. The van der Waals surface area contributed by atoms with Crippen LogP contribution in [-0.4, -0.2) is 36.5 Å². The smallest absolute Gasteiger partial charge is 0.0614 e. The first kappa shape index (κ1) is 11.4. The highest BCUT2D eigenvalue weighted by atomic mass is 16.5. The molecular formula is C12H23NO2. The third kappa shape index (κ3) is 2.52. The van der Waals surface area contributed by atoms with Gasteiger partial charge in [0.1, 0.15) is 0 Å². The number of hydrogen-bond acceptors (Lipinski definition) is 3. The lowest BCUT2D eigenvalue weighted by molar-refractivity contribution is -0.0836. The van der Waals surface area contributed by atoms with Crippen LogP contribution in [0.25, 0.3) is 0 Å². The summed E-state index contributed by atoms with van der Waals surface area (Å²) >= 11 is 0. The van der Waals surface area contributed by atoms with E-state index in [1.165, 1.54) is 32.1 Å². The molecule has 88 valence electrons. The molecule has 2 rings (SSSR count). The molecular weight excluding hydrogens is 190 g/mol. The van der Waals surface area contributed by atoms with Crippen molar-refractivity contribution in [2.45, 2.75) is 62.7 Å². The third-order valence-corrected chi connectivity index (χ3v) is 4.07. The van der Waals surface area contributed by atoms with Crippen molar-refractivity contribution in [2.75, 3.05) is 13.7 Å². The number of hydrogen-bond donors (Lipinski definition) is 2. The molecule has 2 N–H and O–H groups in total. The SMILES string of the molecule is CNC1(CO)CCCC(OC2CCC2)C1. The maximum Gasteiger partial charge on any atom is 0.0614 e. The van der Waals surface area contributed by atoms with Crippen LogP contribution in [0, 0.1) is 0 Å². The van der Waals surface area contributed by atoms with Crippen molar-refractivity contribution in [2.24, 2.45) is 0 Å². The van der Waals surface area contributed by atoms with Crippen molar-refractivity contribution in [3.05, 3.63) is 0 Å². The molecule has 0 aromatic heterocycles. The van der Waals surface area contributed by atoms with Crippen molar-refractivity contribution < 1.29 is 9.84 Å². The lowest BCUT2D eigenvalue weighted by Crippen LogP contribution is -2.52. The Bertz CT molecular complexity index is 200. The van der Waals surface area contributed by atoms with E-state index < -0.39 is 0 Å². The second-order valence-corrected chi connectivity index (χ2v) is 5.10. The maximum absolute atomic E-state index is 9.45. The maximum atomic E-state index is 9.45. The van der Waals surface area contributed by atoms with Gasteiger partial charge < -0.3 is 15.2 Å². The molecule has 3 heteroatoms. The van der Waals surface area contributed by atoms with Crippen LogP contribution >= 0.6 is 0 Å². The molecule has 2 fully saturated rings. The minimum absolute atomic E-state index is 0.0767. The summed E-state index contributed by atoms with van der Waals surface area (Å²) < 4.78 is 6.04. The van der Waals surface area contributed by atoms with E-state index in [2.05, 4.69) is 5.32 Å². The average Bonchev–Trinajstić information content (AvgIpc) is 2.24. The van der Waals surface area contributed by atoms with E-state index in [-0.39, 0.29) is 12.1 Å². The number of rotatable bonds is 4. The summed E-state index contributed by atoms with van der Waals surface area (Å²) in [6.45, 7) is 0.230. The van der Waals surface area contributed by atoms with Crippen LogP contribution in [0.15, 0.2) is 0 Å². The van der Waals surface area contributed by atoms with Crippen LogP contribution in [0.5, 0.6) is 0 Å². The summed E-state index contributed by atoms with van der Waals surface area (Å²) in [4.78, 5) is 0. The Kier molecular flexibility index (Phi) is 3.65. The van der Waals surface area contributed by atoms with Gasteiger partial charge >= 0.3 is 0 Å². The molecule has 0 saturated heterocycles. The number of aliphatic hydroxyl groups excluding tert-OH is 1. The highest BCUT2D eigenvalue weighted by Crippen LogP contribution is 2.33. The predicted molar refractivity (Wildman–Crippen MR) is 59.9 cm³/mol. The van der Waals surface area contributed by atoms with Crippen LogP contribution in [0.2, 0.25) is 0 Å². The van der Waals surface area contributed by atoms with Crippen LogP contribution in [-0.2, 0) is 4.74 Å². The molecule has 0 amide bonds. The van der Waals surface area contributed by atoms with Crippen molar-refractivity contribution in [3.63, 3.8) is 0 Å². The normalized spacial score (nSPS) is 37.6. The average molecular weight is 213 g/mol. The minimum atomic E-state index is -0.0767. The Morgan fingerprint density at radius 2 is 2.00 bits per heavy atom. The van der Waals surface area contributed by atoms with E-state index in [0.29, 0.717) is 12.2 Å². The standard InChI is InChI=1S/C12H23NO2/c1-13-12(9-14)7-3-6-11(8-12)15-10-4-2-5-10/h10-11,13-14H,2-9H2,1H3. The predicted octanol–water partition coefficient (Wildman–Crippen LogP) is 1.45. The number of nitrogens with one attached hydrogen (secondary N) is 1. The zero-order valence-corrected chi connectivity index (χ0v) is 9.67. The molecule has 0 spiro atoms. The van der Waals surface area contributed by atoms with Gasteiger partial charge in [0.05, 0.1) is 18.8 Å². The van der Waals surface area contributed by atoms with Gasteiger partial charge in [-0.2, -0.15) is 0 Å². The molecule has 2 atom stereocenters. The molecule has 2 saturated carbocycles. The van der Waals surface area contributed by atoms with Crippen LogP contribution in [0.3, 0.4) is 0 Å².